The molecule has 0 aliphatic rings. The van der Waals surface area contributed by atoms with Gasteiger partial charge in [-0.3, -0.25) is 9.05 Å². The van der Waals surface area contributed by atoms with Gasteiger partial charge in [0.05, 0.1) is 13.2 Å². The highest BCUT2D eigenvalue weighted by atomic mass is 31.2. The fraction of sp³-hybridized carbons (Fsp3) is 1.00. The molecular weight excluding hydrogens is 274 g/mol. The topological polar surface area (TPSA) is 44.8 Å². The van der Waals surface area contributed by atoms with Gasteiger partial charge in [-0.1, -0.05) is 0 Å². The van der Waals surface area contributed by atoms with Crippen LogP contribution >= 0.6 is 7.82 Å². The Morgan fingerprint density at radius 2 is 1.47 bits per heavy atom. The monoisotopic (exact) mass is 286 g/mol. The van der Waals surface area contributed by atoms with Crippen LogP contribution < -0.4 is 0 Å². The maximum Gasteiger partial charge on any atom is 0.479 e. The van der Waals surface area contributed by atoms with Crippen molar-refractivity contribution in [2.75, 3.05) is 19.9 Å². The van der Waals surface area contributed by atoms with Gasteiger partial charge in [-0.15, -0.1) is 0 Å². The van der Waals surface area contributed by atoms with E-state index >= 15 is 0 Å². The first-order chi connectivity index (χ1) is 7.64. The molecule has 104 valence electrons. The number of halogens is 5. The van der Waals surface area contributed by atoms with Gasteiger partial charge in [0.1, 0.15) is 0 Å². The zero-order valence-electron chi connectivity index (χ0n) is 9.09. The average Bonchev–Trinajstić information content (AvgIpc) is 2.16. The van der Waals surface area contributed by atoms with Crippen LogP contribution in [0.5, 0.6) is 0 Å². The summed E-state index contributed by atoms with van der Waals surface area (Å²) in [6.45, 7) is -0.873. The summed E-state index contributed by atoms with van der Waals surface area (Å²) in [6.07, 6.45) is -5.29. The molecule has 0 radical (unpaired) electrons. The second kappa shape index (κ2) is 6.08. The normalized spacial score (nSPS) is 14.1. The first-order valence-corrected chi connectivity index (χ1v) is 6.01. The molecule has 0 N–H and O–H groups in total. The summed E-state index contributed by atoms with van der Waals surface area (Å²) < 4.78 is 85.4. The molecule has 0 aromatic carbocycles. The highest BCUT2D eigenvalue weighted by Gasteiger charge is 2.62. The van der Waals surface area contributed by atoms with Crippen molar-refractivity contribution in [2.45, 2.75) is 25.9 Å². The second-order valence-corrected chi connectivity index (χ2v) is 4.32. The average molecular weight is 286 g/mol. The Morgan fingerprint density at radius 1 is 1.06 bits per heavy atom. The van der Waals surface area contributed by atoms with E-state index in [1.807, 2.05) is 0 Å². The fourth-order valence-corrected chi connectivity index (χ4v) is 1.92. The van der Waals surface area contributed by atoms with Gasteiger partial charge in [-0.2, -0.15) is 17.6 Å². The van der Waals surface area contributed by atoms with Crippen molar-refractivity contribution in [2.24, 2.45) is 0 Å². The molecule has 0 aromatic heterocycles. The molecule has 0 saturated carbocycles. The molecule has 0 amide bonds. The van der Waals surface area contributed by atoms with E-state index in [-0.39, 0.29) is 13.2 Å². The Bertz CT molecular complexity index is 275. The van der Waals surface area contributed by atoms with Gasteiger partial charge < -0.3 is 0 Å². The van der Waals surface area contributed by atoms with Gasteiger partial charge in [-0.25, -0.2) is 13.5 Å². The summed E-state index contributed by atoms with van der Waals surface area (Å²) in [5, 5.41) is 0. The van der Waals surface area contributed by atoms with Crippen LogP contribution in [0.3, 0.4) is 0 Å². The van der Waals surface area contributed by atoms with Crippen LogP contribution in [-0.4, -0.2) is 31.9 Å². The van der Waals surface area contributed by atoms with Crippen molar-refractivity contribution in [1.29, 1.82) is 0 Å². The van der Waals surface area contributed by atoms with E-state index in [0.29, 0.717) is 0 Å². The summed E-state index contributed by atoms with van der Waals surface area (Å²) in [5.74, 6) is -5.11. The van der Waals surface area contributed by atoms with Crippen LogP contribution in [0.4, 0.5) is 22.0 Å². The van der Waals surface area contributed by atoms with Crippen LogP contribution in [0.1, 0.15) is 13.8 Å². The van der Waals surface area contributed by atoms with Crippen LogP contribution in [0.15, 0.2) is 0 Å². The molecule has 0 fully saturated rings. The van der Waals surface area contributed by atoms with Crippen molar-refractivity contribution in [1.82, 2.24) is 0 Å². The molecule has 0 aliphatic heterocycles. The number of hydrogen-bond acceptors (Lipinski definition) is 4. The zero-order valence-corrected chi connectivity index (χ0v) is 9.99. The molecule has 4 nitrogen and oxygen atoms in total. The molecule has 10 heteroatoms. The van der Waals surface area contributed by atoms with Crippen LogP contribution in [-0.2, 0) is 18.1 Å². The SMILES string of the molecule is CCOP(=O)(OCC)OC(F)(F)C(F)(F)CF. The Kier molecular flexibility index (Phi) is 6.00. The molecule has 0 aromatic rings. The van der Waals surface area contributed by atoms with Crippen molar-refractivity contribution in [3.8, 4) is 0 Å². The molecule has 0 saturated heterocycles. The van der Waals surface area contributed by atoms with Gasteiger partial charge in [0.2, 0.25) is 0 Å². The second-order valence-electron chi connectivity index (χ2n) is 2.73. The Balaban J connectivity index is 4.93. The van der Waals surface area contributed by atoms with Gasteiger partial charge in [0.25, 0.3) is 0 Å². The van der Waals surface area contributed by atoms with E-state index in [1.54, 1.807) is 0 Å². The molecular formula is C7H12F5O4P. The van der Waals surface area contributed by atoms with E-state index in [9.17, 15) is 26.5 Å². The summed E-state index contributed by atoms with van der Waals surface area (Å²) in [6, 6.07) is 0. The predicted molar refractivity (Wildman–Crippen MR) is 47.8 cm³/mol. The first-order valence-electron chi connectivity index (χ1n) is 4.55. The lowest BCUT2D eigenvalue weighted by atomic mass is 10.3. The van der Waals surface area contributed by atoms with Crippen molar-refractivity contribution in [3.63, 3.8) is 0 Å². The molecule has 0 unspecified atom stereocenters. The smallest absolute Gasteiger partial charge is 0.287 e. The third-order valence-electron chi connectivity index (χ3n) is 1.39. The van der Waals surface area contributed by atoms with E-state index in [4.69, 9.17) is 0 Å². The standard InChI is InChI=1S/C7H12F5O4P/c1-3-14-17(13,15-4-2)16-7(11,12)6(9,10)5-8/h3-5H2,1-2H3. The van der Waals surface area contributed by atoms with Gasteiger partial charge in [-0.05, 0) is 13.8 Å². The number of phosphoric acid groups is 1. The number of rotatable bonds is 8. The highest BCUT2D eigenvalue weighted by Crippen LogP contribution is 2.56. The minimum Gasteiger partial charge on any atom is -0.287 e. The lowest BCUT2D eigenvalue weighted by Crippen LogP contribution is -2.44. The van der Waals surface area contributed by atoms with E-state index < -0.39 is 26.5 Å². The zero-order chi connectivity index (χ0) is 13.7. The summed E-state index contributed by atoms with van der Waals surface area (Å²) in [7, 11) is -4.85. The van der Waals surface area contributed by atoms with Crippen molar-refractivity contribution < 1.29 is 40.1 Å². The largest absolute Gasteiger partial charge is 0.479 e. The molecule has 0 spiro atoms. The third kappa shape index (κ3) is 4.50. The minimum atomic E-state index is -5.29. The van der Waals surface area contributed by atoms with Crippen LogP contribution in [0.2, 0.25) is 0 Å². The summed E-state index contributed by atoms with van der Waals surface area (Å²) in [5.41, 5.74) is 0. The highest BCUT2D eigenvalue weighted by molar-refractivity contribution is 7.48. The number of alkyl halides is 5. The number of phosphoric ester groups is 1. The van der Waals surface area contributed by atoms with Gasteiger partial charge in [0, 0.05) is 0 Å². The van der Waals surface area contributed by atoms with Crippen LogP contribution in [0.25, 0.3) is 0 Å². The van der Waals surface area contributed by atoms with E-state index in [1.165, 1.54) is 13.8 Å². The maximum atomic E-state index is 12.8. The first kappa shape index (κ1) is 16.8. The lowest BCUT2D eigenvalue weighted by Gasteiger charge is -2.26. The maximum absolute atomic E-state index is 12.8. The molecule has 0 heterocycles. The Hall–Kier alpha value is -0.240. The summed E-state index contributed by atoms with van der Waals surface area (Å²) in [4.78, 5) is 0. The minimum absolute atomic E-state index is 0.367. The molecule has 0 rings (SSSR count). The fourth-order valence-electron chi connectivity index (χ4n) is 0.691. The van der Waals surface area contributed by atoms with Crippen molar-refractivity contribution in [3.05, 3.63) is 0 Å². The van der Waals surface area contributed by atoms with Gasteiger partial charge in [0.15, 0.2) is 6.67 Å². The van der Waals surface area contributed by atoms with E-state index in [2.05, 4.69) is 13.6 Å². The molecule has 0 aliphatic carbocycles. The summed E-state index contributed by atoms with van der Waals surface area (Å²) >= 11 is 0. The van der Waals surface area contributed by atoms with E-state index in [0.717, 1.165) is 0 Å². The Morgan fingerprint density at radius 3 is 1.76 bits per heavy atom. The predicted octanol–water partition coefficient (Wildman–Crippen LogP) is 3.38. The van der Waals surface area contributed by atoms with Crippen LogP contribution in [0, 0.1) is 0 Å². The molecule has 0 atom stereocenters. The number of hydrogen-bond donors (Lipinski definition) is 0. The molecule has 0 bridgehead atoms. The van der Waals surface area contributed by atoms with Gasteiger partial charge >= 0.3 is 19.9 Å². The lowest BCUT2D eigenvalue weighted by molar-refractivity contribution is -0.318. The third-order valence-corrected chi connectivity index (χ3v) is 3.00. The Labute approximate surface area is 94.6 Å². The molecule has 17 heavy (non-hydrogen) atoms. The van der Waals surface area contributed by atoms with Crippen molar-refractivity contribution >= 4 is 7.82 Å². The quantitative estimate of drug-likeness (QED) is 0.507.